The van der Waals surface area contributed by atoms with Gasteiger partial charge in [-0.15, -0.1) is 12.4 Å². The molecule has 0 bridgehead atoms. The molecule has 2 heterocycles. The number of hydrogen-bond acceptors (Lipinski definition) is 5. The second kappa shape index (κ2) is 10.6. The molecule has 0 saturated carbocycles. The van der Waals surface area contributed by atoms with Gasteiger partial charge in [-0.3, -0.25) is 9.59 Å². The number of carbonyl (C=O) groups is 2. The van der Waals surface area contributed by atoms with Crippen molar-refractivity contribution in [3.05, 3.63) is 29.8 Å². The lowest BCUT2D eigenvalue weighted by molar-refractivity contribution is -0.147. The van der Waals surface area contributed by atoms with E-state index in [1.807, 2.05) is 34.1 Å². The van der Waals surface area contributed by atoms with Crippen LogP contribution in [-0.2, 0) is 20.7 Å². The molecule has 0 aromatic heterocycles. The second-order valence-corrected chi connectivity index (χ2v) is 7.11. The second-order valence-electron chi connectivity index (χ2n) is 7.11. The predicted molar refractivity (Wildman–Crippen MR) is 109 cm³/mol. The number of aryl methyl sites for hydroxylation is 1. The summed E-state index contributed by atoms with van der Waals surface area (Å²) in [7, 11) is 1.64. The molecule has 7 nitrogen and oxygen atoms in total. The minimum Gasteiger partial charge on any atom is -0.497 e. The fourth-order valence-electron chi connectivity index (χ4n) is 3.64. The van der Waals surface area contributed by atoms with E-state index in [1.165, 1.54) is 0 Å². The third-order valence-electron chi connectivity index (χ3n) is 5.38. The summed E-state index contributed by atoms with van der Waals surface area (Å²) in [6.07, 6.45) is 2.40. The maximum atomic E-state index is 12.5. The molecule has 2 amide bonds. The van der Waals surface area contributed by atoms with Gasteiger partial charge < -0.3 is 25.0 Å². The molecular weight excluding hydrogens is 382 g/mol. The number of amides is 2. The molecule has 0 radical (unpaired) electrons. The van der Waals surface area contributed by atoms with E-state index in [9.17, 15) is 9.59 Å². The molecule has 0 unspecified atom stereocenters. The van der Waals surface area contributed by atoms with Crippen LogP contribution in [0.4, 0.5) is 0 Å². The quantitative estimate of drug-likeness (QED) is 0.760. The molecule has 1 aromatic rings. The van der Waals surface area contributed by atoms with E-state index in [0.29, 0.717) is 45.6 Å². The first-order valence-electron chi connectivity index (χ1n) is 9.65. The SMILES string of the molecule is COc1ccc(CCC(=O)N2CCN(C(=O)[C@@H]3CC[C@H](CN)O3)CC2)cc1.Cl. The van der Waals surface area contributed by atoms with Crippen molar-refractivity contribution >= 4 is 24.2 Å². The first kappa shape index (κ1) is 22.5. The number of nitrogens with two attached hydrogens (primary N) is 1. The third-order valence-corrected chi connectivity index (χ3v) is 5.38. The molecule has 2 aliphatic rings. The van der Waals surface area contributed by atoms with Crippen molar-refractivity contribution in [3.8, 4) is 5.75 Å². The van der Waals surface area contributed by atoms with Gasteiger partial charge in [-0.1, -0.05) is 12.1 Å². The first-order valence-corrected chi connectivity index (χ1v) is 9.65. The van der Waals surface area contributed by atoms with E-state index in [0.717, 1.165) is 24.2 Å². The van der Waals surface area contributed by atoms with Gasteiger partial charge in [0.2, 0.25) is 5.91 Å². The molecule has 28 heavy (non-hydrogen) atoms. The Kier molecular flexibility index (Phi) is 8.54. The molecule has 2 aliphatic heterocycles. The normalized spacial score (nSPS) is 21.9. The number of benzene rings is 1. The van der Waals surface area contributed by atoms with Gasteiger partial charge in [-0.05, 0) is 37.0 Å². The number of halogens is 1. The van der Waals surface area contributed by atoms with E-state index < -0.39 is 0 Å². The lowest BCUT2D eigenvalue weighted by Gasteiger charge is -2.36. The lowest BCUT2D eigenvalue weighted by Crippen LogP contribution is -2.53. The lowest BCUT2D eigenvalue weighted by atomic mass is 10.1. The highest BCUT2D eigenvalue weighted by atomic mass is 35.5. The topological polar surface area (TPSA) is 85.1 Å². The molecule has 1 aromatic carbocycles. The number of nitrogens with zero attached hydrogens (tertiary/aromatic N) is 2. The van der Waals surface area contributed by atoms with Gasteiger partial charge in [0.15, 0.2) is 0 Å². The smallest absolute Gasteiger partial charge is 0.251 e. The largest absolute Gasteiger partial charge is 0.497 e. The van der Waals surface area contributed by atoms with Crippen LogP contribution in [0.15, 0.2) is 24.3 Å². The molecule has 3 rings (SSSR count). The van der Waals surface area contributed by atoms with Crippen LogP contribution >= 0.6 is 12.4 Å². The van der Waals surface area contributed by atoms with Gasteiger partial charge in [0.05, 0.1) is 13.2 Å². The molecule has 156 valence electrons. The zero-order valence-corrected chi connectivity index (χ0v) is 17.2. The highest BCUT2D eigenvalue weighted by Gasteiger charge is 2.34. The van der Waals surface area contributed by atoms with Crippen molar-refractivity contribution in [3.63, 3.8) is 0 Å². The summed E-state index contributed by atoms with van der Waals surface area (Å²) in [6.45, 7) is 2.77. The third kappa shape index (κ3) is 5.59. The average molecular weight is 412 g/mol. The van der Waals surface area contributed by atoms with Gasteiger partial charge in [-0.25, -0.2) is 0 Å². The van der Waals surface area contributed by atoms with Gasteiger partial charge >= 0.3 is 0 Å². The van der Waals surface area contributed by atoms with Gasteiger partial charge in [-0.2, -0.15) is 0 Å². The minimum atomic E-state index is -0.365. The summed E-state index contributed by atoms with van der Waals surface area (Å²) in [4.78, 5) is 28.7. The van der Waals surface area contributed by atoms with Crippen LogP contribution < -0.4 is 10.5 Å². The number of ether oxygens (including phenoxy) is 2. The number of methoxy groups -OCH3 is 1. The molecule has 2 N–H and O–H groups in total. The van der Waals surface area contributed by atoms with E-state index in [2.05, 4.69) is 0 Å². The summed E-state index contributed by atoms with van der Waals surface area (Å²) in [5, 5.41) is 0. The number of rotatable bonds is 6. The molecule has 0 aliphatic carbocycles. The Labute approximate surface area is 172 Å². The highest BCUT2D eigenvalue weighted by Crippen LogP contribution is 2.21. The summed E-state index contributed by atoms with van der Waals surface area (Å²) < 4.78 is 10.8. The van der Waals surface area contributed by atoms with Crippen LogP contribution in [-0.4, -0.2) is 73.7 Å². The van der Waals surface area contributed by atoms with Crippen molar-refractivity contribution in [2.45, 2.75) is 37.9 Å². The van der Waals surface area contributed by atoms with Gasteiger partial charge in [0.25, 0.3) is 5.91 Å². The Morgan fingerprint density at radius 3 is 2.32 bits per heavy atom. The highest BCUT2D eigenvalue weighted by molar-refractivity contribution is 5.85. The molecule has 8 heteroatoms. The number of carbonyl (C=O) groups excluding carboxylic acids is 2. The van der Waals surface area contributed by atoms with E-state index >= 15 is 0 Å². The zero-order valence-electron chi connectivity index (χ0n) is 16.3. The Morgan fingerprint density at radius 1 is 1.11 bits per heavy atom. The van der Waals surface area contributed by atoms with Crippen LogP contribution in [0.2, 0.25) is 0 Å². The molecule has 2 saturated heterocycles. The standard InChI is InChI=1S/C20H29N3O4.ClH/c1-26-16-5-2-15(3-6-16)4-9-19(24)22-10-12-23(13-11-22)20(25)18-8-7-17(14-21)27-18;/h2-3,5-6,17-18H,4,7-14,21H2,1H3;1H/t17-,18+;/m1./s1. The maximum absolute atomic E-state index is 12.5. The minimum absolute atomic E-state index is 0. The first-order chi connectivity index (χ1) is 13.1. The van der Waals surface area contributed by atoms with Crippen LogP contribution in [0.25, 0.3) is 0 Å². The van der Waals surface area contributed by atoms with Crippen LogP contribution in [0.3, 0.4) is 0 Å². The van der Waals surface area contributed by atoms with Gasteiger partial charge in [0, 0.05) is 39.1 Å². The zero-order chi connectivity index (χ0) is 19.2. The Hall–Kier alpha value is -1.83. The Bertz CT molecular complexity index is 647. The number of piperazine rings is 1. The fraction of sp³-hybridized carbons (Fsp3) is 0.600. The summed E-state index contributed by atoms with van der Waals surface area (Å²) >= 11 is 0. The van der Waals surface area contributed by atoms with Crippen LogP contribution in [0.1, 0.15) is 24.8 Å². The van der Waals surface area contributed by atoms with Crippen molar-refractivity contribution in [1.29, 1.82) is 0 Å². The van der Waals surface area contributed by atoms with Crippen molar-refractivity contribution in [2.24, 2.45) is 5.73 Å². The van der Waals surface area contributed by atoms with Crippen LogP contribution in [0.5, 0.6) is 5.75 Å². The monoisotopic (exact) mass is 411 g/mol. The molecule has 0 spiro atoms. The summed E-state index contributed by atoms with van der Waals surface area (Å²) in [6, 6.07) is 7.78. The van der Waals surface area contributed by atoms with Gasteiger partial charge in [0.1, 0.15) is 11.9 Å². The predicted octanol–water partition coefficient (Wildman–Crippen LogP) is 1.23. The maximum Gasteiger partial charge on any atom is 0.251 e. The van der Waals surface area contributed by atoms with Crippen LogP contribution in [0, 0.1) is 0 Å². The summed E-state index contributed by atoms with van der Waals surface area (Å²) in [5.41, 5.74) is 6.73. The van der Waals surface area contributed by atoms with E-state index in [-0.39, 0.29) is 36.4 Å². The van der Waals surface area contributed by atoms with E-state index in [1.54, 1.807) is 7.11 Å². The Morgan fingerprint density at radius 2 is 1.75 bits per heavy atom. The fourth-order valence-corrected chi connectivity index (χ4v) is 3.64. The summed E-state index contributed by atoms with van der Waals surface area (Å²) in [5.74, 6) is 0.990. The molecule has 2 atom stereocenters. The van der Waals surface area contributed by atoms with E-state index in [4.69, 9.17) is 15.2 Å². The molecular formula is C20H30ClN3O4. The number of hydrogen-bond donors (Lipinski definition) is 1. The van der Waals surface area contributed by atoms with Crippen molar-refractivity contribution in [2.75, 3.05) is 39.8 Å². The van der Waals surface area contributed by atoms with Crippen molar-refractivity contribution < 1.29 is 19.1 Å². The average Bonchev–Trinajstić information content (AvgIpc) is 3.21. The van der Waals surface area contributed by atoms with Crippen molar-refractivity contribution in [1.82, 2.24) is 9.80 Å². The Balaban J connectivity index is 0.00000280. The molecule has 2 fully saturated rings.